The molecule has 7 nitrogen and oxygen atoms in total. The fourth-order valence-corrected chi connectivity index (χ4v) is 3.03. The molecule has 0 bridgehead atoms. The van der Waals surface area contributed by atoms with Crippen molar-refractivity contribution in [1.29, 1.82) is 0 Å². The maximum atomic E-state index is 11.3. The molecule has 0 atom stereocenters. The Kier molecular flexibility index (Phi) is 5.65. The van der Waals surface area contributed by atoms with E-state index in [1.807, 2.05) is 16.8 Å². The second-order valence-electron chi connectivity index (χ2n) is 6.19. The number of aryl methyl sites for hydroxylation is 1. The van der Waals surface area contributed by atoms with Crippen molar-refractivity contribution in [3.63, 3.8) is 0 Å². The van der Waals surface area contributed by atoms with Crippen LogP contribution in [0.25, 0.3) is 11.4 Å². The number of carbonyl (C=O) groups excluding carboxylic acids is 1. The van der Waals surface area contributed by atoms with Gasteiger partial charge in [-0.25, -0.2) is 9.67 Å². The first kappa shape index (κ1) is 17.4. The number of amides is 1. The number of rotatable bonds is 7. The van der Waals surface area contributed by atoms with Crippen LogP contribution in [0.15, 0.2) is 24.3 Å². The topological polar surface area (TPSA) is 86.3 Å². The van der Waals surface area contributed by atoms with Crippen molar-refractivity contribution >= 4 is 11.6 Å². The Morgan fingerprint density at radius 1 is 1.28 bits per heavy atom. The Morgan fingerprint density at radius 2 is 2.04 bits per heavy atom. The lowest BCUT2D eigenvalue weighted by atomic mass is 10.1. The Morgan fingerprint density at radius 3 is 2.76 bits per heavy atom. The first-order chi connectivity index (χ1) is 12.2. The smallest absolute Gasteiger partial charge is 0.225 e. The molecule has 2 N–H and O–H groups in total. The summed E-state index contributed by atoms with van der Waals surface area (Å²) in [7, 11) is 0. The van der Waals surface area contributed by atoms with Crippen LogP contribution in [-0.4, -0.2) is 47.0 Å². The molecule has 134 valence electrons. The van der Waals surface area contributed by atoms with E-state index in [0.29, 0.717) is 5.82 Å². The predicted molar refractivity (Wildman–Crippen MR) is 96.3 cm³/mol. The summed E-state index contributed by atoms with van der Waals surface area (Å²) in [5.74, 6) is 0.864. The van der Waals surface area contributed by atoms with Gasteiger partial charge in [0.1, 0.15) is 0 Å². The molecule has 0 aliphatic carbocycles. The molecule has 1 saturated heterocycles. The first-order valence-electron chi connectivity index (χ1n) is 8.83. The van der Waals surface area contributed by atoms with Crippen molar-refractivity contribution in [2.45, 2.75) is 32.7 Å². The predicted octanol–water partition coefficient (Wildman–Crippen LogP) is 1.61. The molecule has 2 heterocycles. The molecule has 1 aromatic heterocycles. The van der Waals surface area contributed by atoms with Crippen molar-refractivity contribution in [2.75, 3.05) is 31.2 Å². The summed E-state index contributed by atoms with van der Waals surface area (Å²) in [6.07, 6.45) is 2.13. The molecule has 3 rings (SSSR count). The molecule has 0 radical (unpaired) electrons. The molecule has 0 unspecified atom stereocenters. The van der Waals surface area contributed by atoms with E-state index >= 15 is 0 Å². The lowest BCUT2D eigenvalue weighted by Gasteiger charge is -2.30. The minimum absolute atomic E-state index is 0.0614. The van der Waals surface area contributed by atoms with Gasteiger partial charge in [0.15, 0.2) is 11.6 Å². The van der Waals surface area contributed by atoms with Gasteiger partial charge in [0.05, 0.1) is 19.6 Å². The minimum atomic E-state index is -0.416. The highest BCUT2D eigenvalue weighted by molar-refractivity contribution is 5.77. The zero-order chi connectivity index (χ0) is 17.6. The number of aromatic nitrogens is 3. The summed E-state index contributed by atoms with van der Waals surface area (Å²) < 4.78 is 7.37. The van der Waals surface area contributed by atoms with E-state index in [1.54, 1.807) is 0 Å². The van der Waals surface area contributed by atoms with Crippen LogP contribution in [0, 0.1) is 0 Å². The van der Waals surface area contributed by atoms with E-state index in [1.165, 1.54) is 0 Å². The van der Waals surface area contributed by atoms with Crippen LogP contribution >= 0.6 is 0 Å². The van der Waals surface area contributed by atoms with Gasteiger partial charge in [-0.3, -0.25) is 4.79 Å². The van der Waals surface area contributed by atoms with E-state index in [9.17, 15) is 4.79 Å². The second-order valence-corrected chi connectivity index (χ2v) is 6.19. The SMILES string of the molecule is CCCCn1nc(CC(N)=O)nc1-c1ccccc1N1CCOCC1. The van der Waals surface area contributed by atoms with Gasteiger partial charge in [0.25, 0.3) is 0 Å². The van der Waals surface area contributed by atoms with Crippen LogP contribution in [0.2, 0.25) is 0 Å². The molecule has 1 aliphatic heterocycles. The standard InChI is InChI=1S/C18H25N5O2/c1-2-3-8-23-18(20-17(21-23)13-16(19)24)14-6-4-5-7-15(14)22-9-11-25-12-10-22/h4-7H,2-3,8-13H2,1H3,(H2,19,24). The van der Waals surface area contributed by atoms with Crippen molar-refractivity contribution < 1.29 is 9.53 Å². The third kappa shape index (κ3) is 4.17. The van der Waals surface area contributed by atoms with E-state index < -0.39 is 5.91 Å². The molecule has 1 aliphatic rings. The maximum absolute atomic E-state index is 11.3. The van der Waals surface area contributed by atoms with Gasteiger partial charge in [0, 0.05) is 30.9 Å². The second kappa shape index (κ2) is 8.11. The van der Waals surface area contributed by atoms with Crippen molar-refractivity contribution in [2.24, 2.45) is 5.73 Å². The third-order valence-corrected chi connectivity index (χ3v) is 4.27. The summed E-state index contributed by atoms with van der Waals surface area (Å²) >= 11 is 0. The fraction of sp³-hybridized carbons (Fsp3) is 0.500. The van der Waals surface area contributed by atoms with Gasteiger partial charge in [-0.2, -0.15) is 5.10 Å². The maximum Gasteiger partial charge on any atom is 0.225 e. The number of nitrogens with two attached hydrogens (primary N) is 1. The number of primary amides is 1. The van der Waals surface area contributed by atoms with E-state index in [2.05, 4.69) is 34.0 Å². The molecular weight excluding hydrogens is 318 g/mol. The number of ether oxygens (including phenoxy) is 1. The Balaban J connectivity index is 1.99. The van der Waals surface area contributed by atoms with Gasteiger partial charge in [-0.15, -0.1) is 0 Å². The highest BCUT2D eigenvalue weighted by Gasteiger charge is 2.20. The number of carbonyl (C=O) groups is 1. The van der Waals surface area contributed by atoms with Crippen LogP contribution in [0.5, 0.6) is 0 Å². The first-order valence-corrected chi connectivity index (χ1v) is 8.83. The Bertz CT molecular complexity index is 722. The molecule has 0 saturated carbocycles. The third-order valence-electron chi connectivity index (χ3n) is 4.27. The van der Waals surface area contributed by atoms with E-state index in [0.717, 1.165) is 62.8 Å². The van der Waals surface area contributed by atoms with Crippen LogP contribution in [0.3, 0.4) is 0 Å². The van der Waals surface area contributed by atoms with Crippen LogP contribution < -0.4 is 10.6 Å². The van der Waals surface area contributed by atoms with Gasteiger partial charge < -0.3 is 15.4 Å². The largest absolute Gasteiger partial charge is 0.378 e. The highest BCUT2D eigenvalue weighted by Crippen LogP contribution is 2.30. The molecule has 2 aromatic rings. The summed E-state index contributed by atoms with van der Waals surface area (Å²) in [6, 6.07) is 8.20. The van der Waals surface area contributed by atoms with Gasteiger partial charge >= 0.3 is 0 Å². The van der Waals surface area contributed by atoms with Crippen LogP contribution in [-0.2, 0) is 22.5 Å². The average molecular weight is 343 g/mol. The molecule has 25 heavy (non-hydrogen) atoms. The number of hydrogen-bond donors (Lipinski definition) is 1. The Hall–Kier alpha value is -2.41. The summed E-state index contributed by atoms with van der Waals surface area (Å²) in [5.41, 5.74) is 7.48. The highest BCUT2D eigenvalue weighted by atomic mass is 16.5. The van der Waals surface area contributed by atoms with Crippen LogP contribution in [0.4, 0.5) is 5.69 Å². The van der Waals surface area contributed by atoms with Crippen molar-refractivity contribution in [3.8, 4) is 11.4 Å². The summed E-state index contributed by atoms with van der Waals surface area (Å²) in [6.45, 7) is 6.08. The number of morpholine rings is 1. The van der Waals surface area contributed by atoms with Crippen molar-refractivity contribution in [1.82, 2.24) is 14.8 Å². The number of nitrogens with zero attached hydrogens (tertiary/aromatic N) is 4. The van der Waals surface area contributed by atoms with Crippen LogP contribution in [0.1, 0.15) is 25.6 Å². The number of para-hydroxylation sites is 1. The number of anilines is 1. The fourth-order valence-electron chi connectivity index (χ4n) is 3.03. The van der Waals surface area contributed by atoms with Gasteiger partial charge in [-0.1, -0.05) is 25.5 Å². The van der Waals surface area contributed by atoms with Gasteiger partial charge in [0.2, 0.25) is 5.91 Å². The molecule has 1 amide bonds. The zero-order valence-corrected chi connectivity index (χ0v) is 14.6. The van der Waals surface area contributed by atoms with E-state index in [-0.39, 0.29) is 6.42 Å². The zero-order valence-electron chi connectivity index (χ0n) is 14.6. The molecule has 0 spiro atoms. The normalized spacial score (nSPS) is 14.7. The van der Waals surface area contributed by atoms with Crippen molar-refractivity contribution in [3.05, 3.63) is 30.1 Å². The monoisotopic (exact) mass is 343 g/mol. The number of hydrogen-bond acceptors (Lipinski definition) is 5. The molecule has 1 fully saturated rings. The Labute approximate surface area is 147 Å². The quantitative estimate of drug-likeness (QED) is 0.825. The number of unbranched alkanes of at least 4 members (excludes halogenated alkanes) is 1. The minimum Gasteiger partial charge on any atom is -0.378 e. The van der Waals surface area contributed by atoms with Gasteiger partial charge in [-0.05, 0) is 18.6 Å². The molecule has 1 aromatic carbocycles. The lowest BCUT2D eigenvalue weighted by molar-refractivity contribution is -0.117. The summed E-state index contributed by atoms with van der Waals surface area (Å²) in [5, 5.41) is 4.51. The number of benzene rings is 1. The molecular formula is C18H25N5O2. The molecule has 7 heteroatoms. The summed E-state index contributed by atoms with van der Waals surface area (Å²) in [4.78, 5) is 18.2. The lowest BCUT2D eigenvalue weighted by Crippen LogP contribution is -2.36. The van der Waals surface area contributed by atoms with E-state index in [4.69, 9.17) is 10.5 Å². The average Bonchev–Trinajstić information content (AvgIpc) is 3.02.